The summed E-state index contributed by atoms with van der Waals surface area (Å²) < 4.78 is 14.9. The molecule has 0 bridgehead atoms. The Morgan fingerprint density at radius 2 is 1.93 bits per heavy atom. The first-order valence-corrected chi connectivity index (χ1v) is 9.48. The van der Waals surface area contributed by atoms with Crippen molar-refractivity contribution in [3.8, 4) is 0 Å². The van der Waals surface area contributed by atoms with Gasteiger partial charge in [-0.2, -0.15) is 0 Å². The van der Waals surface area contributed by atoms with Crippen molar-refractivity contribution in [3.05, 3.63) is 48.3 Å². The molecule has 1 aromatic carbocycles. The Labute approximate surface area is 172 Å². The van der Waals surface area contributed by atoms with Gasteiger partial charge in [-0.05, 0) is 37.5 Å². The molecule has 1 amide bonds. The van der Waals surface area contributed by atoms with E-state index in [-0.39, 0.29) is 18.7 Å². The molecule has 0 saturated heterocycles. The Bertz CT molecular complexity index is 1050. The molecule has 0 aliphatic heterocycles. The van der Waals surface area contributed by atoms with Gasteiger partial charge < -0.3 is 20.7 Å². The van der Waals surface area contributed by atoms with Crippen LogP contribution < -0.4 is 11.1 Å². The summed E-state index contributed by atoms with van der Waals surface area (Å²) in [5, 5.41) is 12.2. The summed E-state index contributed by atoms with van der Waals surface area (Å²) in [4.78, 5) is 36.3. The van der Waals surface area contributed by atoms with Crippen LogP contribution in [0.3, 0.4) is 0 Å². The van der Waals surface area contributed by atoms with E-state index < -0.39 is 17.3 Å². The molecule has 0 saturated carbocycles. The molecule has 0 radical (unpaired) electrons. The molecule has 2 aromatic heterocycles. The van der Waals surface area contributed by atoms with E-state index in [2.05, 4.69) is 20.3 Å². The van der Waals surface area contributed by atoms with Gasteiger partial charge in [0.1, 0.15) is 23.2 Å². The SMILES string of the molecule is CC(Cc1ccc(F)cc1)(NC(=O)CCCCn1cnc2c(N)ncnc21)C(=O)O. The number of imidazole rings is 1. The lowest BCUT2D eigenvalue weighted by Crippen LogP contribution is -2.53. The molecule has 0 spiro atoms. The molecule has 158 valence electrons. The number of aryl methyl sites for hydroxylation is 1. The Hall–Kier alpha value is -3.56. The van der Waals surface area contributed by atoms with Crippen molar-refractivity contribution in [2.24, 2.45) is 0 Å². The molecule has 30 heavy (non-hydrogen) atoms. The lowest BCUT2D eigenvalue weighted by atomic mass is 9.92. The highest BCUT2D eigenvalue weighted by molar-refractivity contribution is 5.87. The predicted molar refractivity (Wildman–Crippen MR) is 108 cm³/mol. The average Bonchev–Trinajstić information content (AvgIpc) is 3.11. The highest BCUT2D eigenvalue weighted by Gasteiger charge is 2.34. The summed E-state index contributed by atoms with van der Waals surface area (Å²) in [5.74, 6) is -1.60. The predicted octanol–water partition coefficient (Wildman–Crippen LogP) is 1.92. The maximum atomic E-state index is 13.1. The monoisotopic (exact) mass is 414 g/mol. The highest BCUT2D eigenvalue weighted by Crippen LogP contribution is 2.17. The highest BCUT2D eigenvalue weighted by atomic mass is 19.1. The Kier molecular flexibility index (Phi) is 6.24. The summed E-state index contributed by atoms with van der Waals surface area (Å²) in [7, 11) is 0. The number of carbonyl (C=O) groups excluding carboxylic acids is 1. The number of anilines is 1. The first-order chi connectivity index (χ1) is 14.3. The van der Waals surface area contributed by atoms with E-state index in [1.165, 1.54) is 37.5 Å². The van der Waals surface area contributed by atoms with Crippen LogP contribution in [0, 0.1) is 5.82 Å². The second kappa shape index (κ2) is 8.85. The topological polar surface area (TPSA) is 136 Å². The number of aromatic nitrogens is 4. The summed E-state index contributed by atoms with van der Waals surface area (Å²) in [6, 6.07) is 5.54. The van der Waals surface area contributed by atoms with Gasteiger partial charge in [-0.15, -0.1) is 0 Å². The number of amides is 1. The van der Waals surface area contributed by atoms with Crippen molar-refractivity contribution in [3.63, 3.8) is 0 Å². The molecular formula is C20H23FN6O3. The lowest BCUT2D eigenvalue weighted by Gasteiger charge is -2.26. The average molecular weight is 414 g/mol. The largest absolute Gasteiger partial charge is 0.480 e. The van der Waals surface area contributed by atoms with Crippen LogP contribution in [0.2, 0.25) is 0 Å². The van der Waals surface area contributed by atoms with E-state index in [9.17, 15) is 19.1 Å². The number of fused-ring (bicyclic) bond motifs is 1. The molecule has 3 aromatic rings. The summed E-state index contributed by atoms with van der Waals surface area (Å²) in [5.41, 5.74) is 6.07. The minimum absolute atomic E-state index is 0.0521. The molecule has 0 aliphatic rings. The maximum absolute atomic E-state index is 13.1. The van der Waals surface area contributed by atoms with Crippen LogP contribution in [0.15, 0.2) is 36.9 Å². The van der Waals surface area contributed by atoms with Crippen LogP contribution >= 0.6 is 0 Å². The molecule has 9 nitrogen and oxygen atoms in total. The van der Waals surface area contributed by atoms with Crippen LogP contribution in [0.5, 0.6) is 0 Å². The number of nitrogens with two attached hydrogens (primary N) is 1. The first kappa shape index (κ1) is 21.2. The van der Waals surface area contributed by atoms with Crippen molar-refractivity contribution >= 4 is 28.9 Å². The van der Waals surface area contributed by atoms with Gasteiger partial charge in [0, 0.05) is 19.4 Å². The van der Waals surface area contributed by atoms with E-state index in [1.54, 1.807) is 6.33 Å². The number of nitrogens with one attached hydrogen (secondary N) is 1. The smallest absolute Gasteiger partial charge is 0.329 e. The number of carboxylic acid groups (broad SMARTS) is 1. The molecule has 4 N–H and O–H groups in total. The molecule has 1 unspecified atom stereocenters. The maximum Gasteiger partial charge on any atom is 0.329 e. The van der Waals surface area contributed by atoms with Gasteiger partial charge in [-0.25, -0.2) is 24.1 Å². The Morgan fingerprint density at radius 1 is 1.20 bits per heavy atom. The number of hydrogen-bond donors (Lipinski definition) is 3. The van der Waals surface area contributed by atoms with E-state index >= 15 is 0 Å². The van der Waals surface area contributed by atoms with Crippen molar-refractivity contribution < 1.29 is 19.1 Å². The van der Waals surface area contributed by atoms with Crippen molar-refractivity contribution in [1.29, 1.82) is 0 Å². The number of carbonyl (C=O) groups is 2. The number of nitrogens with zero attached hydrogens (tertiary/aromatic N) is 4. The number of unbranched alkanes of at least 4 members (excludes halogenated alkanes) is 1. The van der Waals surface area contributed by atoms with Gasteiger partial charge in [0.2, 0.25) is 5.91 Å². The summed E-state index contributed by atoms with van der Waals surface area (Å²) >= 11 is 0. The van der Waals surface area contributed by atoms with E-state index in [0.717, 1.165) is 0 Å². The van der Waals surface area contributed by atoms with Gasteiger partial charge in [0.15, 0.2) is 11.5 Å². The van der Waals surface area contributed by atoms with Crippen molar-refractivity contribution in [2.75, 3.05) is 5.73 Å². The number of rotatable bonds is 9. The zero-order valence-corrected chi connectivity index (χ0v) is 16.5. The zero-order chi connectivity index (χ0) is 21.7. The van der Waals surface area contributed by atoms with Crippen molar-refractivity contribution in [1.82, 2.24) is 24.8 Å². The van der Waals surface area contributed by atoms with E-state index in [0.29, 0.717) is 41.9 Å². The summed E-state index contributed by atoms with van der Waals surface area (Å²) in [6.07, 6.45) is 4.45. The van der Waals surface area contributed by atoms with Crippen LogP contribution in [-0.2, 0) is 22.6 Å². The van der Waals surface area contributed by atoms with E-state index in [4.69, 9.17) is 5.73 Å². The molecule has 0 fully saturated rings. The Balaban J connectivity index is 1.52. The van der Waals surface area contributed by atoms with Gasteiger partial charge >= 0.3 is 5.97 Å². The standard InChI is InChI=1S/C20H23FN6O3/c1-20(19(29)30,10-13-5-7-14(21)8-6-13)26-15(28)4-2-3-9-27-12-25-16-17(22)23-11-24-18(16)27/h5-8,11-12H,2-4,9-10H2,1H3,(H,26,28)(H,29,30)(H2,22,23,24). The molecule has 2 heterocycles. The number of aliphatic carboxylic acids is 1. The zero-order valence-electron chi connectivity index (χ0n) is 16.5. The normalized spacial score (nSPS) is 13.1. The van der Waals surface area contributed by atoms with Gasteiger partial charge in [-0.3, -0.25) is 4.79 Å². The first-order valence-electron chi connectivity index (χ1n) is 9.48. The molecule has 0 aliphatic carbocycles. The van der Waals surface area contributed by atoms with Crippen LogP contribution in [0.25, 0.3) is 11.2 Å². The fourth-order valence-corrected chi connectivity index (χ4v) is 3.18. The fourth-order valence-electron chi connectivity index (χ4n) is 3.18. The van der Waals surface area contributed by atoms with Crippen LogP contribution in [0.4, 0.5) is 10.2 Å². The van der Waals surface area contributed by atoms with Crippen LogP contribution in [-0.4, -0.2) is 42.0 Å². The minimum atomic E-state index is -1.48. The number of benzene rings is 1. The quantitative estimate of drug-likeness (QED) is 0.455. The second-order valence-electron chi connectivity index (χ2n) is 7.31. The van der Waals surface area contributed by atoms with Gasteiger partial charge in [0.05, 0.1) is 6.33 Å². The fraction of sp³-hybridized carbons (Fsp3) is 0.350. The third kappa shape index (κ3) is 4.88. The number of halogens is 1. The molecule has 3 rings (SSSR count). The second-order valence-corrected chi connectivity index (χ2v) is 7.31. The summed E-state index contributed by atoms with van der Waals surface area (Å²) in [6.45, 7) is 2.03. The number of nitrogen functional groups attached to an aromatic ring is 1. The van der Waals surface area contributed by atoms with Crippen LogP contribution in [0.1, 0.15) is 31.7 Å². The third-order valence-electron chi connectivity index (χ3n) is 4.84. The van der Waals surface area contributed by atoms with Gasteiger partial charge in [0.25, 0.3) is 0 Å². The van der Waals surface area contributed by atoms with Crippen molar-refractivity contribution in [2.45, 2.75) is 44.7 Å². The minimum Gasteiger partial charge on any atom is -0.480 e. The van der Waals surface area contributed by atoms with Gasteiger partial charge in [-0.1, -0.05) is 12.1 Å². The van der Waals surface area contributed by atoms with E-state index in [1.807, 2.05) is 4.57 Å². The lowest BCUT2D eigenvalue weighted by molar-refractivity contribution is -0.146. The molecular weight excluding hydrogens is 391 g/mol. The Morgan fingerprint density at radius 3 is 2.63 bits per heavy atom. The molecule has 10 heteroatoms. The number of hydrogen-bond acceptors (Lipinski definition) is 6. The number of carboxylic acids is 1. The molecule has 1 atom stereocenters. The third-order valence-corrected chi connectivity index (χ3v) is 4.84.